The number of likely N-dealkylation sites (tertiary alicyclic amines) is 1. The highest BCUT2D eigenvalue weighted by molar-refractivity contribution is 5.94. The van der Waals surface area contributed by atoms with Crippen molar-refractivity contribution in [2.45, 2.75) is 45.1 Å². The van der Waals surface area contributed by atoms with Gasteiger partial charge in [-0.15, -0.1) is 0 Å². The van der Waals surface area contributed by atoms with Crippen LogP contribution >= 0.6 is 0 Å². The summed E-state index contributed by atoms with van der Waals surface area (Å²) in [5, 5.41) is 2.90. The van der Waals surface area contributed by atoms with Crippen LogP contribution in [0.3, 0.4) is 0 Å². The molecule has 1 saturated carbocycles. The summed E-state index contributed by atoms with van der Waals surface area (Å²) >= 11 is 0. The maximum atomic E-state index is 12.8. The van der Waals surface area contributed by atoms with Crippen LogP contribution in [-0.2, 0) is 4.74 Å². The summed E-state index contributed by atoms with van der Waals surface area (Å²) in [4.78, 5) is 30.3. The Bertz CT molecular complexity index is 663. The average Bonchev–Trinajstić information content (AvgIpc) is 2.54. The molecule has 0 aromatic carbocycles. The molecule has 1 aromatic rings. The van der Waals surface area contributed by atoms with Gasteiger partial charge in [0, 0.05) is 43.0 Å². The van der Waals surface area contributed by atoms with Crippen LogP contribution in [0, 0.1) is 11.3 Å². The van der Waals surface area contributed by atoms with E-state index < -0.39 is 0 Å². The molecule has 1 N–H and O–H groups in total. The van der Waals surface area contributed by atoms with E-state index in [1.807, 2.05) is 4.90 Å². The van der Waals surface area contributed by atoms with E-state index in [2.05, 4.69) is 10.3 Å². The molecule has 1 spiro atoms. The molecule has 1 unspecified atom stereocenters. The van der Waals surface area contributed by atoms with Crippen molar-refractivity contribution in [3.05, 3.63) is 23.9 Å². The Morgan fingerprint density at radius 3 is 2.60 bits per heavy atom. The second-order valence-electron chi connectivity index (χ2n) is 7.66. The van der Waals surface area contributed by atoms with Crippen LogP contribution in [0.5, 0.6) is 0 Å². The van der Waals surface area contributed by atoms with E-state index in [0.29, 0.717) is 28.8 Å². The van der Waals surface area contributed by atoms with Crippen molar-refractivity contribution in [1.82, 2.24) is 9.88 Å². The third-order valence-electron chi connectivity index (χ3n) is 6.18. The maximum absolute atomic E-state index is 12.8. The lowest BCUT2D eigenvalue weighted by molar-refractivity contribution is -0.135. The van der Waals surface area contributed by atoms with E-state index in [4.69, 9.17) is 4.74 Å². The van der Waals surface area contributed by atoms with Gasteiger partial charge < -0.3 is 9.64 Å². The molecule has 6 heteroatoms. The van der Waals surface area contributed by atoms with Gasteiger partial charge in [0.1, 0.15) is 5.82 Å². The van der Waals surface area contributed by atoms with Crippen LogP contribution in [0.4, 0.5) is 10.6 Å². The number of Topliss-reactive ketones (excluding diaryl/α,β-unsaturated/α-hetero) is 1. The van der Waals surface area contributed by atoms with Crippen LogP contribution in [0.25, 0.3) is 0 Å². The fraction of sp³-hybridized carbons (Fsp3) is 0.632. The molecular formula is C19H25N3O3. The van der Waals surface area contributed by atoms with Crippen LogP contribution in [-0.4, -0.2) is 47.5 Å². The Morgan fingerprint density at radius 2 is 2.04 bits per heavy atom. The fourth-order valence-electron chi connectivity index (χ4n) is 4.68. The Hall–Kier alpha value is -1.95. The zero-order valence-electron chi connectivity index (χ0n) is 14.7. The molecule has 1 aromatic heterocycles. The third kappa shape index (κ3) is 2.92. The number of hydrogen-bond acceptors (Lipinski definition) is 4. The Labute approximate surface area is 147 Å². The van der Waals surface area contributed by atoms with E-state index in [9.17, 15) is 9.59 Å². The van der Waals surface area contributed by atoms with Gasteiger partial charge in [-0.25, -0.2) is 9.78 Å². The van der Waals surface area contributed by atoms with Gasteiger partial charge in [0.25, 0.3) is 0 Å². The first-order valence-corrected chi connectivity index (χ1v) is 9.21. The highest BCUT2D eigenvalue weighted by atomic mass is 16.5. The lowest BCUT2D eigenvalue weighted by Gasteiger charge is -2.64. The molecule has 1 atom stereocenters. The van der Waals surface area contributed by atoms with Crippen LogP contribution < -0.4 is 5.32 Å². The van der Waals surface area contributed by atoms with Gasteiger partial charge in [0.2, 0.25) is 0 Å². The summed E-state index contributed by atoms with van der Waals surface area (Å²) in [6.45, 7) is 3.97. The van der Waals surface area contributed by atoms with Gasteiger partial charge in [-0.05, 0) is 50.7 Å². The van der Waals surface area contributed by atoms with Crippen molar-refractivity contribution in [3.8, 4) is 0 Å². The predicted octanol–water partition coefficient (Wildman–Crippen LogP) is 3.10. The SMILES string of the molecule is CC(=O)c1ccc(NC(=O)N2CC3(CCC3)C2C2CCOCC2)nc1. The number of carbonyl (C=O) groups is 2. The number of ketones is 1. The zero-order valence-corrected chi connectivity index (χ0v) is 14.7. The molecule has 2 amide bonds. The molecule has 1 aliphatic carbocycles. The summed E-state index contributed by atoms with van der Waals surface area (Å²) < 4.78 is 5.50. The second-order valence-corrected chi connectivity index (χ2v) is 7.66. The molecular weight excluding hydrogens is 318 g/mol. The Balaban J connectivity index is 1.44. The quantitative estimate of drug-likeness (QED) is 0.856. The summed E-state index contributed by atoms with van der Waals surface area (Å²) in [5.74, 6) is 1.01. The Morgan fingerprint density at radius 1 is 1.28 bits per heavy atom. The highest BCUT2D eigenvalue weighted by Gasteiger charge is 2.59. The molecule has 3 aliphatic rings. The summed E-state index contributed by atoms with van der Waals surface area (Å²) in [6, 6.07) is 3.65. The van der Waals surface area contributed by atoms with Crippen molar-refractivity contribution in [2.75, 3.05) is 25.1 Å². The number of carbonyl (C=O) groups excluding carboxylic acids is 2. The lowest BCUT2D eigenvalue weighted by atomic mass is 9.54. The first kappa shape index (κ1) is 16.5. The number of pyridine rings is 1. The summed E-state index contributed by atoms with van der Waals surface area (Å²) in [7, 11) is 0. The number of nitrogens with zero attached hydrogens (tertiary/aromatic N) is 2. The van der Waals surface area contributed by atoms with E-state index in [-0.39, 0.29) is 11.8 Å². The number of amides is 2. The van der Waals surface area contributed by atoms with Crippen molar-refractivity contribution >= 4 is 17.6 Å². The number of hydrogen-bond donors (Lipinski definition) is 1. The van der Waals surface area contributed by atoms with Gasteiger partial charge in [-0.1, -0.05) is 6.42 Å². The molecule has 4 rings (SSSR count). The van der Waals surface area contributed by atoms with Crippen molar-refractivity contribution in [3.63, 3.8) is 0 Å². The highest BCUT2D eigenvalue weighted by Crippen LogP contribution is 2.56. The molecule has 0 radical (unpaired) electrons. The topological polar surface area (TPSA) is 71.5 Å². The standard InChI is InChI=1S/C19H25N3O3/c1-13(23)15-3-4-16(20-11-15)21-18(24)22-12-19(7-2-8-19)17(22)14-5-9-25-10-6-14/h3-4,11,14,17H,2,5-10,12H2,1H3,(H,20,21,24). The molecule has 134 valence electrons. The molecule has 25 heavy (non-hydrogen) atoms. The monoisotopic (exact) mass is 343 g/mol. The van der Waals surface area contributed by atoms with Gasteiger partial charge in [0.15, 0.2) is 5.78 Å². The minimum absolute atomic E-state index is 0.0281. The van der Waals surface area contributed by atoms with Gasteiger partial charge >= 0.3 is 6.03 Å². The molecule has 3 fully saturated rings. The number of aromatic nitrogens is 1. The van der Waals surface area contributed by atoms with Crippen molar-refractivity contribution < 1.29 is 14.3 Å². The summed E-state index contributed by atoms with van der Waals surface area (Å²) in [6.07, 6.45) is 7.36. The van der Waals surface area contributed by atoms with Crippen LogP contribution in [0.2, 0.25) is 0 Å². The normalized spacial score (nSPS) is 25.2. The average molecular weight is 343 g/mol. The minimum atomic E-state index is -0.0721. The van der Waals surface area contributed by atoms with E-state index in [1.165, 1.54) is 32.4 Å². The minimum Gasteiger partial charge on any atom is -0.381 e. The molecule has 3 heterocycles. The molecule has 0 bridgehead atoms. The third-order valence-corrected chi connectivity index (χ3v) is 6.18. The molecule has 2 aliphatic heterocycles. The van der Waals surface area contributed by atoms with Crippen LogP contribution in [0.1, 0.15) is 49.4 Å². The number of rotatable bonds is 3. The molecule has 2 saturated heterocycles. The number of ether oxygens (including phenoxy) is 1. The largest absolute Gasteiger partial charge is 0.381 e. The molecule has 6 nitrogen and oxygen atoms in total. The maximum Gasteiger partial charge on any atom is 0.323 e. The second kappa shape index (κ2) is 6.41. The lowest BCUT2D eigenvalue weighted by Crippen LogP contribution is -2.72. The summed E-state index contributed by atoms with van der Waals surface area (Å²) in [5.41, 5.74) is 0.904. The van der Waals surface area contributed by atoms with Crippen molar-refractivity contribution in [2.24, 2.45) is 11.3 Å². The first-order chi connectivity index (χ1) is 12.1. The van der Waals surface area contributed by atoms with E-state index in [1.54, 1.807) is 12.1 Å². The fourth-order valence-corrected chi connectivity index (χ4v) is 4.68. The first-order valence-electron chi connectivity index (χ1n) is 9.21. The van der Waals surface area contributed by atoms with Gasteiger partial charge in [-0.2, -0.15) is 0 Å². The van der Waals surface area contributed by atoms with Crippen LogP contribution in [0.15, 0.2) is 18.3 Å². The number of anilines is 1. The van der Waals surface area contributed by atoms with E-state index in [0.717, 1.165) is 32.6 Å². The van der Waals surface area contributed by atoms with Gasteiger partial charge in [-0.3, -0.25) is 10.1 Å². The predicted molar refractivity (Wildman–Crippen MR) is 93.6 cm³/mol. The van der Waals surface area contributed by atoms with Crippen molar-refractivity contribution in [1.29, 1.82) is 0 Å². The number of urea groups is 1. The van der Waals surface area contributed by atoms with E-state index >= 15 is 0 Å². The Kier molecular flexibility index (Phi) is 4.23. The smallest absolute Gasteiger partial charge is 0.323 e. The number of nitrogens with one attached hydrogen (secondary N) is 1. The zero-order chi connectivity index (χ0) is 17.4. The van der Waals surface area contributed by atoms with Gasteiger partial charge in [0.05, 0.1) is 0 Å².